The highest BCUT2D eigenvalue weighted by Gasteiger charge is 2.63. The van der Waals surface area contributed by atoms with Crippen LogP contribution in [-0.4, -0.2) is 17.9 Å². The van der Waals surface area contributed by atoms with Crippen LogP contribution in [0.3, 0.4) is 0 Å². The van der Waals surface area contributed by atoms with Crippen LogP contribution in [-0.2, 0) is 0 Å². The van der Waals surface area contributed by atoms with Crippen LogP contribution in [0.25, 0.3) is 0 Å². The predicted octanol–water partition coefficient (Wildman–Crippen LogP) is 3.51. The number of hydrogen-bond donors (Lipinski definition) is 0. The van der Waals surface area contributed by atoms with Crippen molar-refractivity contribution in [1.82, 2.24) is 0 Å². The molecule has 0 bridgehead atoms. The van der Waals surface area contributed by atoms with Gasteiger partial charge in [-0.3, -0.25) is 4.79 Å². The molecule has 1 aromatic carbocycles. The molecule has 1 rings (SSSR count). The van der Waals surface area contributed by atoms with Gasteiger partial charge in [0.1, 0.15) is 5.82 Å². The summed E-state index contributed by atoms with van der Waals surface area (Å²) in [5.74, 6) is -8.66. The third kappa shape index (κ3) is 2.42. The molecule has 0 N–H and O–H groups in total. The van der Waals surface area contributed by atoms with E-state index in [-0.39, 0.29) is 5.56 Å². The van der Waals surface area contributed by atoms with Crippen LogP contribution >= 0.6 is 0 Å². The van der Waals surface area contributed by atoms with Gasteiger partial charge in [-0.25, -0.2) is 4.39 Å². The molecule has 1 aromatic rings. The Morgan fingerprint density at radius 3 is 2.06 bits per heavy atom. The van der Waals surface area contributed by atoms with Crippen molar-refractivity contribution < 1.29 is 31.1 Å². The van der Waals surface area contributed by atoms with Gasteiger partial charge in [0.15, 0.2) is 0 Å². The first kappa shape index (κ1) is 13.5. The summed E-state index contributed by atoms with van der Waals surface area (Å²) >= 11 is 0. The Bertz CT molecular complexity index is 449. The number of rotatable bonds is 2. The van der Waals surface area contributed by atoms with E-state index in [9.17, 15) is 31.1 Å². The summed E-state index contributed by atoms with van der Waals surface area (Å²) in [6.07, 6.45) is -5.97. The van der Waals surface area contributed by atoms with Crippen molar-refractivity contribution in [3.8, 4) is 0 Å². The van der Waals surface area contributed by atoms with Gasteiger partial charge in [0, 0.05) is 5.56 Å². The Hall–Kier alpha value is -1.53. The number of ketones is 1. The molecular formula is C10H6F6O. The molecule has 0 unspecified atom stereocenters. The number of aryl methyl sites for hydroxylation is 1. The lowest BCUT2D eigenvalue weighted by Crippen LogP contribution is -2.44. The standard InChI is InChI=1S/C10H6F6O/c1-5-4-6(2-3-7(5)11)8(17)9(12,13)10(14,15)16/h2-4H,1H3. The number of carbonyl (C=O) groups is 1. The highest BCUT2D eigenvalue weighted by Crippen LogP contribution is 2.38. The highest BCUT2D eigenvalue weighted by molar-refractivity contribution is 6.02. The second kappa shape index (κ2) is 4.05. The van der Waals surface area contributed by atoms with Crippen LogP contribution in [0.1, 0.15) is 15.9 Å². The largest absolute Gasteiger partial charge is 0.461 e. The zero-order valence-corrected chi connectivity index (χ0v) is 8.41. The topological polar surface area (TPSA) is 17.1 Å². The van der Waals surface area contributed by atoms with Crippen molar-refractivity contribution in [1.29, 1.82) is 0 Å². The minimum Gasteiger partial charge on any atom is -0.287 e. The summed E-state index contributed by atoms with van der Waals surface area (Å²) in [6, 6.07) is 1.90. The average Bonchev–Trinajstić information content (AvgIpc) is 2.19. The molecule has 0 atom stereocenters. The molecule has 0 radical (unpaired) electrons. The lowest BCUT2D eigenvalue weighted by molar-refractivity contribution is -0.255. The van der Waals surface area contributed by atoms with Gasteiger partial charge in [-0.1, -0.05) is 0 Å². The molecule has 0 amide bonds. The highest BCUT2D eigenvalue weighted by atomic mass is 19.4. The van der Waals surface area contributed by atoms with Gasteiger partial charge in [0.2, 0.25) is 5.78 Å². The quantitative estimate of drug-likeness (QED) is 0.584. The SMILES string of the molecule is Cc1cc(C(=O)C(F)(F)C(F)(F)F)ccc1F. The Morgan fingerprint density at radius 1 is 1.12 bits per heavy atom. The zero-order valence-electron chi connectivity index (χ0n) is 8.41. The minimum absolute atomic E-state index is 0.186. The Labute approximate surface area is 92.0 Å². The van der Waals surface area contributed by atoms with Crippen molar-refractivity contribution in [2.24, 2.45) is 0 Å². The lowest BCUT2D eigenvalue weighted by atomic mass is 10.0. The average molecular weight is 256 g/mol. The summed E-state index contributed by atoms with van der Waals surface area (Å²) < 4.78 is 73.8. The van der Waals surface area contributed by atoms with E-state index in [0.29, 0.717) is 18.2 Å². The van der Waals surface area contributed by atoms with Crippen LogP contribution in [0.2, 0.25) is 0 Å². The van der Waals surface area contributed by atoms with E-state index >= 15 is 0 Å². The molecular weight excluding hydrogens is 250 g/mol. The van der Waals surface area contributed by atoms with Gasteiger partial charge < -0.3 is 0 Å². The van der Waals surface area contributed by atoms with E-state index in [1.807, 2.05) is 0 Å². The first-order chi connectivity index (χ1) is 7.57. The molecule has 0 saturated heterocycles. The first-order valence-electron chi connectivity index (χ1n) is 4.33. The fourth-order valence-electron chi connectivity index (χ4n) is 1.10. The van der Waals surface area contributed by atoms with Crippen molar-refractivity contribution in [2.45, 2.75) is 19.0 Å². The number of hydrogen-bond acceptors (Lipinski definition) is 1. The third-order valence-corrected chi connectivity index (χ3v) is 2.06. The molecule has 0 aliphatic rings. The molecule has 0 spiro atoms. The smallest absolute Gasteiger partial charge is 0.287 e. The summed E-state index contributed by atoms with van der Waals surface area (Å²) in [7, 11) is 0. The molecule has 17 heavy (non-hydrogen) atoms. The van der Waals surface area contributed by atoms with E-state index in [1.165, 1.54) is 0 Å². The summed E-state index contributed by atoms with van der Waals surface area (Å²) in [4.78, 5) is 11.0. The molecule has 0 aliphatic heterocycles. The fourth-order valence-corrected chi connectivity index (χ4v) is 1.10. The minimum atomic E-state index is -5.97. The monoisotopic (exact) mass is 256 g/mol. The molecule has 0 aromatic heterocycles. The van der Waals surface area contributed by atoms with Crippen LogP contribution in [0.4, 0.5) is 26.3 Å². The second-order valence-corrected chi connectivity index (χ2v) is 3.37. The van der Waals surface area contributed by atoms with Crippen molar-refractivity contribution in [2.75, 3.05) is 0 Å². The van der Waals surface area contributed by atoms with Gasteiger partial charge in [-0.05, 0) is 30.7 Å². The van der Waals surface area contributed by atoms with Crippen molar-refractivity contribution in [3.05, 3.63) is 35.1 Å². The molecule has 0 fully saturated rings. The maximum atomic E-state index is 12.8. The van der Waals surface area contributed by atoms with Crippen LogP contribution in [0, 0.1) is 12.7 Å². The Morgan fingerprint density at radius 2 is 1.65 bits per heavy atom. The maximum absolute atomic E-state index is 12.8. The summed E-state index contributed by atoms with van der Waals surface area (Å²) in [5.41, 5.74) is -1.07. The number of benzene rings is 1. The summed E-state index contributed by atoms with van der Waals surface area (Å²) in [6.45, 7) is 1.15. The Kier molecular flexibility index (Phi) is 3.22. The number of halogens is 6. The van der Waals surface area contributed by atoms with E-state index in [2.05, 4.69) is 0 Å². The van der Waals surface area contributed by atoms with Crippen molar-refractivity contribution >= 4 is 5.78 Å². The van der Waals surface area contributed by atoms with Gasteiger partial charge in [0.25, 0.3) is 0 Å². The normalized spacial score (nSPS) is 12.6. The molecule has 1 nitrogen and oxygen atoms in total. The van der Waals surface area contributed by atoms with Crippen LogP contribution < -0.4 is 0 Å². The van der Waals surface area contributed by atoms with Gasteiger partial charge >= 0.3 is 12.1 Å². The van der Waals surface area contributed by atoms with Gasteiger partial charge in [-0.15, -0.1) is 0 Å². The van der Waals surface area contributed by atoms with E-state index in [0.717, 1.165) is 6.92 Å². The Balaban J connectivity index is 3.17. The second-order valence-electron chi connectivity index (χ2n) is 3.37. The van der Waals surface area contributed by atoms with Gasteiger partial charge in [0.05, 0.1) is 0 Å². The summed E-state index contributed by atoms with van der Waals surface area (Å²) in [5, 5.41) is 0. The fraction of sp³-hybridized carbons (Fsp3) is 0.300. The molecule has 94 valence electrons. The third-order valence-electron chi connectivity index (χ3n) is 2.06. The zero-order chi connectivity index (χ0) is 13.4. The number of Topliss-reactive ketones (excluding diaryl/α,β-unsaturated/α-hetero) is 1. The van der Waals surface area contributed by atoms with Crippen LogP contribution in [0.15, 0.2) is 18.2 Å². The van der Waals surface area contributed by atoms with E-state index in [1.54, 1.807) is 0 Å². The van der Waals surface area contributed by atoms with Crippen molar-refractivity contribution in [3.63, 3.8) is 0 Å². The van der Waals surface area contributed by atoms with E-state index < -0.39 is 29.3 Å². The molecule has 0 heterocycles. The molecule has 0 aliphatic carbocycles. The maximum Gasteiger partial charge on any atom is 0.461 e. The molecule has 7 heteroatoms. The number of alkyl halides is 5. The number of carbonyl (C=O) groups excluding carboxylic acids is 1. The van der Waals surface area contributed by atoms with Crippen LogP contribution in [0.5, 0.6) is 0 Å². The molecule has 0 saturated carbocycles. The first-order valence-corrected chi connectivity index (χ1v) is 4.33. The lowest BCUT2D eigenvalue weighted by Gasteiger charge is -2.18. The predicted molar refractivity (Wildman–Crippen MR) is 46.5 cm³/mol. The van der Waals surface area contributed by atoms with Gasteiger partial charge in [-0.2, -0.15) is 22.0 Å². The van der Waals surface area contributed by atoms with E-state index in [4.69, 9.17) is 0 Å².